The van der Waals surface area contributed by atoms with E-state index in [-0.39, 0.29) is 22.3 Å². The van der Waals surface area contributed by atoms with Crippen molar-refractivity contribution in [2.24, 2.45) is 28.2 Å². The summed E-state index contributed by atoms with van der Waals surface area (Å²) in [6.07, 6.45) is 0. The molecule has 22 heavy (non-hydrogen) atoms. The van der Waals surface area contributed by atoms with Gasteiger partial charge in [-0.05, 0) is 0 Å². The Labute approximate surface area is 121 Å². The largest absolute Gasteiger partial charge is 0.332 e. The van der Waals surface area contributed by atoms with E-state index in [2.05, 4.69) is 9.97 Å². The van der Waals surface area contributed by atoms with Gasteiger partial charge in [0, 0.05) is 28.2 Å². The monoisotopic (exact) mass is 306 g/mol. The molecule has 3 heterocycles. The molecule has 10 nitrogen and oxygen atoms in total. The van der Waals surface area contributed by atoms with Crippen LogP contribution in [0.5, 0.6) is 0 Å². The van der Waals surface area contributed by atoms with Crippen molar-refractivity contribution in [2.75, 3.05) is 0 Å². The fourth-order valence-electron chi connectivity index (χ4n) is 2.30. The maximum Gasteiger partial charge on any atom is 0.332 e. The molecule has 0 N–H and O–H groups in total. The lowest BCUT2D eigenvalue weighted by molar-refractivity contribution is 0.691. The van der Waals surface area contributed by atoms with Crippen molar-refractivity contribution in [1.29, 1.82) is 0 Å². The van der Waals surface area contributed by atoms with Crippen LogP contribution in [0.25, 0.3) is 22.3 Å². The number of fused-ring (bicyclic) bond motifs is 2. The van der Waals surface area contributed by atoms with Gasteiger partial charge in [-0.1, -0.05) is 0 Å². The van der Waals surface area contributed by atoms with E-state index in [4.69, 9.17) is 0 Å². The van der Waals surface area contributed by atoms with Crippen LogP contribution in [-0.2, 0) is 28.2 Å². The summed E-state index contributed by atoms with van der Waals surface area (Å²) < 4.78 is 4.06. The highest BCUT2D eigenvalue weighted by atomic mass is 16.2. The first-order valence-corrected chi connectivity index (χ1v) is 6.29. The van der Waals surface area contributed by atoms with Crippen LogP contribution in [0.1, 0.15) is 0 Å². The molecule has 0 saturated heterocycles. The summed E-state index contributed by atoms with van der Waals surface area (Å²) in [6, 6.07) is 0. The van der Waals surface area contributed by atoms with Gasteiger partial charge in [0.15, 0.2) is 22.3 Å². The van der Waals surface area contributed by atoms with Gasteiger partial charge in [0.05, 0.1) is 0 Å². The highest BCUT2D eigenvalue weighted by Gasteiger charge is 2.17. The smallest absolute Gasteiger partial charge is 0.279 e. The first-order chi connectivity index (χ1) is 10.3. The normalized spacial score (nSPS) is 11.5. The molecule has 3 aromatic rings. The van der Waals surface area contributed by atoms with Gasteiger partial charge in [0.25, 0.3) is 11.1 Å². The second-order valence-corrected chi connectivity index (χ2v) is 4.98. The van der Waals surface area contributed by atoms with Crippen LogP contribution in [0.4, 0.5) is 0 Å². The fraction of sp³-hybridized carbons (Fsp3) is 0.333. The van der Waals surface area contributed by atoms with Crippen LogP contribution in [0.3, 0.4) is 0 Å². The van der Waals surface area contributed by atoms with Crippen molar-refractivity contribution in [2.45, 2.75) is 0 Å². The lowest BCUT2D eigenvalue weighted by Gasteiger charge is -2.09. The Morgan fingerprint density at radius 2 is 0.955 bits per heavy atom. The molecule has 10 heteroatoms. The minimum absolute atomic E-state index is 0.0175. The van der Waals surface area contributed by atoms with Crippen LogP contribution >= 0.6 is 0 Å². The van der Waals surface area contributed by atoms with Crippen LogP contribution in [0.2, 0.25) is 0 Å². The van der Waals surface area contributed by atoms with Crippen molar-refractivity contribution >= 4 is 22.3 Å². The van der Waals surface area contributed by atoms with E-state index in [9.17, 15) is 19.2 Å². The van der Waals surface area contributed by atoms with Gasteiger partial charge in [0.2, 0.25) is 0 Å². The van der Waals surface area contributed by atoms with E-state index in [1.54, 1.807) is 0 Å². The van der Waals surface area contributed by atoms with E-state index in [0.29, 0.717) is 0 Å². The molecule has 0 unspecified atom stereocenters. The molecule has 0 atom stereocenters. The third-order valence-corrected chi connectivity index (χ3v) is 3.66. The predicted octanol–water partition coefficient (Wildman–Crippen LogP) is -2.42. The fourth-order valence-corrected chi connectivity index (χ4v) is 2.30. The molecule has 0 aliphatic carbocycles. The molecule has 0 aliphatic heterocycles. The average molecular weight is 306 g/mol. The van der Waals surface area contributed by atoms with Crippen LogP contribution < -0.4 is 22.5 Å². The Morgan fingerprint density at radius 3 is 1.32 bits per heavy atom. The Hall–Kier alpha value is -3.04. The Bertz CT molecular complexity index is 1100. The second-order valence-electron chi connectivity index (χ2n) is 4.98. The summed E-state index contributed by atoms with van der Waals surface area (Å²) in [5, 5.41) is 0. The van der Waals surface area contributed by atoms with Crippen LogP contribution in [0.15, 0.2) is 19.2 Å². The first-order valence-electron chi connectivity index (χ1n) is 6.29. The lowest BCUT2D eigenvalue weighted by atomic mass is 10.4. The molecule has 114 valence electrons. The molecule has 0 radical (unpaired) electrons. The van der Waals surface area contributed by atoms with E-state index >= 15 is 0 Å². The zero-order chi connectivity index (χ0) is 16.3. The van der Waals surface area contributed by atoms with Crippen molar-refractivity contribution < 1.29 is 0 Å². The van der Waals surface area contributed by atoms with Gasteiger partial charge in [-0.3, -0.25) is 27.9 Å². The van der Waals surface area contributed by atoms with Crippen molar-refractivity contribution in [3.63, 3.8) is 0 Å². The number of hydrogen-bond donors (Lipinski definition) is 0. The molecule has 0 spiro atoms. The molecular formula is C12H12N6O4. The van der Waals surface area contributed by atoms with Gasteiger partial charge in [-0.2, -0.15) is 0 Å². The molecule has 3 aromatic heterocycles. The van der Waals surface area contributed by atoms with Crippen LogP contribution in [-0.4, -0.2) is 28.2 Å². The zero-order valence-corrected chi connectivity index (χ0v) is 12.3. The summed E-state index contributed by atoms with van der Waals surface area (Å²) in [5.41, 5.74) is -2.61. The molecule has 0 saturated carbocycles. The summed E-state index contributed by atoms with van der Waals surface area (Å²) >= 11 is 0. The maximum atomic E-state index is 12.2. The maximum absolute atomic E-state index is 12.2. The second kappa shape index (κ2) is 4.23. The molecule has 0 bridgehead atoms. The number of hydrogen-bond acceptors (Lipinski definition) is 6. The highest BCUT2D eigenvalue weighted by molar-refractivity contribution is 5.81. The third kappa shape index (κ3) is 1.54. The SMILES string of the molecule is Cn1c(=O)c2[15n]c3c(=O)n(C)c(=O)n(C)c3[15n]c2n(C)c1=O. The molecule has 0 aromatic carbocycles. The highest BCUT2D eigenvalue weighted by Crippen LogP contribution is 2.07. The minimum atomic E-state index is -0.650. The summed E-state index contributed by atoms with van der Waals surface area (Å²) in [4.78, 5) is 56.4. The minimum Gasteiger partial charge on any atom is -0.279 e. The van der Waals surface area contributed by atoms with Gasteiger partial charge in [-0.15, -0.1) is 0 Å². The van der Waals surface area contributed by atoms with Crippen molar-refractivity contribution in [3.8, 4) is 0 Å². The Kier molecular flexibility index (Phi) is 2.67. The molecule has 3 rings (SSSR count). The number of aromatic nitrogens is 6. The quantitative estimate of drug-likeness (QED) is 0.427. The van der Waals surface area contributed by atoms with Crippen LogP contribution in [0, 0.1) is 0 Å². The Balaban J connectivity index is 2.77. The molecule has 0 aliphatic rings. The average Bonchev–Trinajstić information content (AvgIpc) is 2.52. The summed E-state index contributed by atoms with van der Waals surface area (Å²) in [5.74, 6) is 0. The van der Waals surface area contributed by atoms with Crippen molar-refractivity contribution in [3.05, 3.63) is 41.7 Å². The van der Waals surface area contributed by atoms with Crippen molar-refractivity contribution in [1.82, 2.24) is 28.2 Å². The lowest BCUT2D eigenvalue weighted by Crippen LogP contribution is -2.40. The standard InChI is InChI=1S/C12H12N6O4/c1-15-7-5(9(19)17(3)11(15)21)13-6-8(14-7)16(2)12(22)18(4)10(6)20/h1-4H3/i13+1,14+1. The third-order valence-electron chi connectivity index (χ3n) is 3.66. The molecule has 0 amide bonds. The summed E-state index contributed by atoms with van der Waals surface area (Å²) in [7, 11) is 5.50. The van der Waals surface area contributed by atoms with Gasteiger partial charge in [0.1, 0.15) is 0 Å². The molecular weight excluding hydrogens is 294 g/mol. The van der Waals surface area contributed by atoms with Gasteiger partial charge >= 0.3 is 11.4 Å². The molecule has 0 fully saturated rings. The summed E-state index contributed by atoms with van der Waals surface area (Å²) in [6.45, 7) is 0. The van der Waals surface area contributed by atoms with E-state index in [1.807, 2.05) is 0 Å². The van der Waals surface area contributed by atoms with E-state index < -0.39 is 22.5 Å². The van der Waals surface area contributed by atoms with E-state index in [0.717, 1.165) is 18.3 Å². The number of rotatable bonds is 0. The zero-order valence-electron chi connectivity index (χ0n) is 12.3. The number of aryl methyl sites for hydroxylation is 2. The predicted molar refractivity (Wildman–Crippen MR) is 78.0 cm³/mol. The van der Waals surface area contributed by atoms with Gasteiger partial charge in [-0.25, -0.2) is 19.6 Å². The first kappa shape index (κ1) is 13.9. The van der Waals surface area contributed by atoms with Gasteiger partial charge < -0.3 is 0 Å². The topological polar surface area (TPSA) is 114 Å². The number of nitrogens with zero attached hydrogens (tertiary/aromatic N) is 6. The van der Waals surface area contributed by atoms with E-state index in [1.165, 1.54) is 28.2 Å². The Morgan fingerprint density at radius 1 is 0.591 bits per heavy atom.